The van der Waals surface area contributed by atoms with Gasteiger partial charge in [0.15, 0.2) is 0 Å². The van der Waals surface area contributed by atoms with Gasteiger partial charge in [-0.2, -0.15) is 0 Å². The molecule has 1 saturated heterocycles. The predicted molar refractivity (Wildman–Crippen MR) is 107 cm³/mol. The molecule has 4 rings (SSSR count). The summed E-state index contributed by atoms with van der Waals surface area (Å²) >= 11 is 0. The molecule has 2 heterocycles. The number of phenols is 1. The third-order valence-electron chi connectivity index (χ3n) is 5.82. The van der Waals surface area contributed by atoms with Crippen molar-refractivity contribution in [1.29, 1.82) is 0 Å². The van der Waals surface area contributed by atoms with E-state index in [0.717, 1.165) is 5.56 Å². The molecule has 0 bridgehead atoms. The Balaban J connectivity index is 1.59. The lowest BCUT2D eigenvalue weighted by molar-refractivity contribution is -0.132. The molecule has 3 amide bonds. The maximum atomic E-state index is 13.2. The number of anilines is 1. The molecule has 0 spiro atoms. The fourth-order valence-electron chi connectivity index (χ4n) is 4.16. The van der Waals surface area contributed by atoms with E-state index in [1.54, 1.807) is 59.3 Å². The summed E-state index contributed by atoms with van der Waals surface area (Å²) in [6, 6.07) is 13.7. The molecule has 150 valence electrons. The zero-order valence-electron chi connectivity index (χ0n) is 16.5. The summed E-state index contributed by atoms with van der Waals surface area (Å²) in [7, 11) is 1.68. The van der Waals surface area contributed by atoms with Crippen LogP contribution in [0.3, 0.4) is 0 Å². The van der Waals surface area contributed by atoms with Gasteiger partial charge in [0.1, 0.15) is 18.0 Å². The standard InChI is InChI=1S/C22H23N3O4/c1-22-12-11-19(27)25(22)18-6-4-3-5-17(18)21(29)24(22)14-20(28)23(2)13-15-7-9-16(26)10-8-15/h3-10,26H,11-14H2,1-2H3. The summed E-state index contributed by atoms with van der Waals surface area (Å²) in [5.74, 6) is -0.326. The highest BCUT2D eigenvalue weighted by Gasteiger charge is 2.53. The molecule has 29 heavy (non-hydrogen) atoms. The van der Waals surface area contributed by atoms with Gasteiger partial charge in [0.2, 0.25) is 11.8 Å². The fourth-order valence-corrected chi connectivity index (χ4v) is 4.16. The van der Waals surface area contributed by atoms with E-state index in [1.807, 2.05) is 13.0 Å². The number of nitrogens with zero attached hydrogens (tertiary/aromatic N) is 3. The predicted octanol–water partition coefficient (Wildman–Crippen LogP) is 2.35. The molecule has 0 saturated carbocycles. The van der Waals surface area contributed by atoms with Crippen LogP contribution in [0.15, 0.2) is 48.5 Å². The van der Waals surface area contributed by atoms with Gasteiger partial charge in [0, 0.05) is 20.0 Å². The van der Waals surface area contributed by atoms with E-state index in [9.17, 15) is 19.5 Å². The van der Waals surface area contributed by atoms with Crippen molar-refractivity contribution in [1.82, 2.24) is 9.80 Å². The highest BCUT2D eigenvalue weighted by molar-refractivity contribution is 6.11. The molecule has 2 aliphatic heterocycles. The first-order chi connectivity index (χ1) is 13.8. The second-order valence-corrected chi connectivity index (χ2v) is 7.77. The van der Waals surface area contributed by atoms with Crippen molar-refractivity contribution in [3.05, 3.63) is 59.7 Å². The first-order valence-corrected chi connectivity index (χ1v) is 9.57. The lowest BCUT2D eigenvalue weighted by Gasteiger charge is -2.48. The summed E-state index contributed by atoms with van der Waals surface area (Å²) in [6.07, 6.45) is 0.826. The van der Waals surface area contributed by atoms with E-state index in [2.05, 4.69) is 0 Å². The van der Waals surface area contributed by atoms with Crippen molar-refractivity contribution in [2.75, 3.05) is 18.5 Å². The molecule has 2 aliphatic rings. The fraction of sp³-hybridized carbons (Fsp3) is 0.318. The SMILES string of the molecule is CN(Cc1ccc(O)cc1)C(=O)CN1C(=O)c2ccccc2N2C(=O)CCC12C. The maximum Gasteiger partial charge on any atom is 0.258 e. The average Bonchev–Trinajstić information content (AvgIpc) is 3.02. The number of benzene rings is 2. The van der Waals surface area contributed by atoms with Gasteiger partial charge < -0.3 is 14.9 Å². The highest BCUT2D eigenvalue weighted by Crippen LogP contribution is 2.43. The van der Waals surface area contributed by atoms with E-state index in [1.165, 1.54) is 4.90 Å². The monoisotopic (exact) mass is 393 g/mol. The molecule has 0 aliphatic carbocycles. The Morgan fingerprint density at radius 2 is 1.83 bits per heavy atom. The minimum absolute atomic E-state index is 0.0395. The number of phenolic OH excluding ortho intramolecular Hbond substituents is 1. The second kappa shape index (κ2) is 6.92. The minimum atomic E-state index is -0.850. The van der Waals surface area contributed by atoms with Gasteiger partial charge in [-0.25, -0.2) is 0 Å². The van der Waals surface area contributed by atoms with Gasteiger partial charge in [0.05, 0.1) is 11.3 Å². The van der Waals surface area contributed by atoms with Crippen molar-refractivity contribution in [2.24, 2.45) is 0 Å². The summed E-state index contributed by atoms with van der Waals surface area (Å²) in [6.45, 7) is 2.10. The molecule has 1 atom stereocenters. The van der Waals surface area contributed by atoms with E-state index in [0.29, 0.717) is 30.6 Å². The summed E-state index contributed by atoms with van der Waals surface area (Å²) in [5, 5.41) is 9.41. The zero-order chi connectivity index (χ0) is 20.8. The molecule has 0 aromatic heterocycles. The molecule has 2 aromatic rings. The number of carbonyl (C=O) groups is 3. The normalized spacial score (nSPS) is 20.5. The number of fused-ring (bicyclic) bond motifs is 3. The minimum Gasteiger partial charge on any atom is -0.508 e. The zero-order valence-corrected chi connectivity index (χ0v) is 16.5. The number of hydrogen-bond acceptors (Lipinski definition) is 4. The van der Waals surface area contributed by atoms with E-state index < -0.39 is 5.66 Å². The van der Waals surface area contributed by atoms with Crippen molar-refractivity contribution in [2.45, 2.75) is 32.0 Å². The number of hydrogen-bond donors (Lipinski definition) is 1. The molecule has 7 heteroatoms. The first-order valence-electron chi connectivity index (χ1n) is 9.57. The molecule has 1 N–H and O–H groups in total. The molecule has 2 aromatic carbocycles. The van der Waals surface area contributed by atoms with Crippen LogP contribution in [0.25, 0.3) is 0 Å². The number of amides is 3. The van der Waals surface area contributed by atoms with Crippen LogP contribution in [0.5, 0.6) is 5.75 Å². The highest BCUT2D eigenvalue weighted by atomic mass is 16.3. The Bertz CT molecular complexity index is 988. The number of carbonyl (C=O) groups excluding carboxylic acids is 3. The van der Waals surface area contributed by atoms with Crippen molar-refractivity contribution in [3.63, 3.8) is 0 Å². The number of likely N-dealkylation sites (N-methyl/N-ethyl adjacent to an activating group) is 1. The van der Waals surface area contributed by atoms with Crippen LogP contribution in [-0.4, -0.2) is 51.9 Å². The van der Waals surface area contributed by atoms with Crippen LogP contribution in [0, 0.1) is 0 Å². The Morgan fingerprint density at radius 1 is 1.14 bits per heavy atom. The maximum absolute atomic E-state index is 13.2. The lowest BCUT2D eigenvalue weighted by Crippen LogP contribution is -2.63. The number of rotatable bonds is 4. The van der Waals surface area contributed by atoms with Crippen LogP contribution in [-0.2, 0) is 16.1 Å². The van der Waals surface area contributed by atoms with Crippen molar-refractivity contribution < 1.29 is 19.5 Å². The van der Waals surface area contributed by atoms with Crippen LogP contribution >= 0.6 is 0 Å². The number of aromatic hydroxyl groups is 1. The molecular weight excluding hydrogens is 370 g/mol. The summed E-state index contributed by atoms with van der Waals surface area (Å²) in [4.78, 5) is 43.5. The van der Waals surface area contributed by atoms with Crippen molar-refractivity contribution >= 4 is 23.4 Å². The third-order valence-corrected chi connectivity index (χ3v) is 5.82. The smallest absolute Gasteiger partial charge is 0.258 e. The van der Waals surface area contributed by atoms with E-state index in [-0.39, 0.29) is 30.0 Å². The van der Waals surface area contributed by atoms with Gasteiger partial charge >= 0.3 is 0 Å². The lowest BCUT2D eigenvalue weighted by atomic mass is 9.98. The largest absolute Gasteiger partial charge is 0.508 e. The molecule has 7 nitrogen and oxygen atoms in total. The molecule has 1 fully saturated rings. The Morgan fingerprint density at radius 3 is 2.55 bits per heavy atom. The van der Waals surface area contributed by atoms with Crippen LogP contribution < -0.4 is 4.90 Å². The number of para-hydroxylation sites is 1. The van der Waals surface area contributed by atoms with Crippen LogP contribution in [0.2, 0.25) is 0 Å². The van der Waals surface area contributed by atoms with Crippen molar-refractivity contribution in [3.8, 4) is 5.75 Å². The Hall–Kier alpha value is -3.35. The van der Waals surface area contributed by atoms with Gasteiger partial charge in [-0.05, 0) is 43.2 Å². The third kappa shape index (κ3) is 3.12. The van der Waals surface area contributed by atoms with E-state index >= 15 is 0 Å². The topological polar surface area (TPSA) is 81.2 Å². The van der Waals surface area contributed by atoms with Crippen LogP contribution in [0.4, 0.5) is 5.69 Å². The van der Waals surface area contributed by atoms with Gasteiger partial charge in [-0.15, -0.1) is 0 Å². The first kappa shape index (κ1) is 19.0. The Labute approximate surface area is 169 Å². The van der Waals surface area contributed by atoms with Crippen LogP contribution in [0.1, 0.15) is 35.7 Å². The summed E-state index contributed by atoms with van der Waals surface area (Å²) in [5.41, 5.74) is 1.08. The average molecular weight is 393 g/mol. The molecule has 1 unspecified atom stereocenters. The quantitative estimate of drug-likeness (QED) is 0.865. The summed E-state index contributed by atoms with van der Waals surface area (Å²) < 4.78 is 0. The van der Waals surface area contributed by atoms with Gasteiger partial charge in [-0.3, -0.25) is 19.3 Å². The van der Waals surface area contributed by atoms with Gasteiger partial charge in [0.25, 0.3) is 5.91 Å². The second-order valence-electron chi connectivity index (χ2n) is 7.77. The molecular formula is C22H23N3O4. The molecule has 0 radical (unpaired) electrons. The Kier molecular flexibility index (Phi) is 4.53. The van der Waals surface area contributed by atoms with Gasteiger partial charge in [-0.1, -0.05) is 24.3 Å². The van der Waals surface area contributed by atoms with E-state index in [4.69, 9.17) is 0 Å².